The molecule has 4 aromatic rings. The minimum absolute atomic E-state index is 0.102. The summed E-state index contributed by atoms with van der Waals surface area (Å²) in [4.78, 5) is 13.1. The highest BCUT2D eigenvalue weighted by atomic mass is 32.2. The average molecular weight is 471 g/mol. The van der Waals surface area contributed by atoms with Crippen molar-refractivity contribution < 1.29 is 8.42 Å². The van der Waals surface area contributed by atoms with Gasteiger partial charge in [-0.3, -0.25) is 0 Å². The van der Waals surface area contributed by atoms with Crippen LogP contribution in [0.3, 0.4) is 0 Å². The van der Waals surface area contributed by atoms with Gasteiger partial charge in [0.05, 0.1) is 16.0 Å². The van der Waals surface area contributed by atoms with Gasteiger partial charge in [-0.25, -0.2) is 23.5 Å². The Morgan fingerprint density at radius 3 is 2.42 bits per heavy atom. The number of thiophene rings is 1. The third-order valence-electron chi connectivity index (χ3n) is 4.90. The molecule has 2 aromatic carbocycles. The summed E-state index contributed by atoms with van der Waals surface area (Å²) in [7, 11) is -3.70. The van der Waals surface area contributed by atoms with Crippen LogP contribution in [0.25, 0.3) is 10.2 Å². The average Bonchev–Trinajstić information content (AvgIpc) is 3.04. The van der Waals surface area contributed by atoms with Gasteiger partial charge in [-0.1, -0.05) is 30.3 Å². The largest absolute Gasteiger partial charge is 0.365 e. The van der Waals surface area contributed by atoms with Gasteiger partial charge in [0.25, 0.3) is 0 Å². The molecule has 0 saturated heterocycles. The van der Waals surface area contributed by atoms with Gasteiger partial charge in [0.1, 0.15) is 16.5 Å². The van der Waals surface area contributed by atoms with Crippen molar-refractivity contribution in [3.8, 4) is 0 Å². The maximum Gasteiger partial charge on any atom is 0.238 e. The third-order valence-corrected chi connectivity index (χ3v) is 7.94. The van der Waals surface area contributed by atoms with Crippen LogP contribution in [0.2, 0.25) is 0 Å². The van der Waals surface area contributed by atoms with E-state index in [9.17, 15) is 8.42 Å². The Morgan fingerprint density at radius 2 is 1.74 bits per heavy atom. The smallest absolute Gasteiger partial charge is 0.238 e. The van der Waals surface area contributed by atoms with Crippen LogP contribution < -0.4 is 10.5 Å². The SMILES string of the molecule is Cc1sc2nc(CSc3ccccc3)nc(NCc3ccc(S(N)(=O)=O)cc3)c2c1C. The van der Waals surface area contributed by atoms with Crippen LogP contribution in [0, 0.1) is 13.8 Å². The van der Waals surface area contributed by atoms with E-state index in [2.05, 4.69) is 31.3 Å². The number of primary sulfonamides is 1. The van der Waals surface area contributed by atoms with E-state index in [-0.39, 0.29) is 4.90 Å². The van der Waals surface area contributed by atoms with Crippen molar-refractivity contribution in [2.24, 2.45) is 5.14 Å². The van der Waals surface area contributed by atoms with Crippen molar-refractivity contribution in [2.75, 3.05) is 5.32 Å². The molecule has 0 fully saturated rings. The molecular formula is C22H22N4O2S3. The van der Waals surface area contributed by atoms with Crippen LogP contribution in [0.1, 0.15) is 21.8 Å². The monoisotopic (exact) mass is 470 g/mol. The Hall–Kier alpha value is -2.46. The summed E-state index contributed by atoms with van der Waals surface area (Å²) >= 11 is 3.38. The van der Waals surface area contributed by atoms with E-state index in [1.54, 1.807) is 35.2 Å². The lowest BCUT2D eigenvalue weighted by Crippen LogP contribution is -2.12. The number of aryl methyl sites for hydroxylation is 2. The molecule has 0 aliphatic carbocycles. The van der Waals surface area contributed by atoms with Gasteiger partial charge >= 0.3 is 0 Å². The zero-order valence-electron chi connectivity index (χ0n) is 17.1. The maximum absolute atomic E-state index is 11.5. The van der Waals surface area contributed by atoms with E-state index in [0.717, 1.165) is 27.4 Å². The lowest BCUT2D eigenvalue weighted by atomic mass is 10.2. The quantitative estimate of drug-likeness (QED) is 0.374. The van der Waals surface area contributed by atoms with Crippen molar-refractivity contribution in [2.45, 2.75) is 35.9 Å². The van der Waals surface area contributed by atoms with Gasteiger partial charge in [-0.05, 0) is 49.2 Å². The van der Waals surface area contributed by atoms with Crippen LogP contribution >= 0.6 is 23.1 Å². The molecule has 2 heterocycles. The first kappa shape index (κ1) is 21.8. The molecule has 31 heavy (non-hydrogen) atoms. The van der Waals surface area contributed by atoms with Crippen LogP contribution in [-0.4, -0.2) is 18.4 Å². The summed E-state index contributed by atoms with van der Waals surface area (Å²) in [6.45, 7) is 4.69. The minimum atomic E-state index is -3.70. The molecule has 6 nitrogen and oxygen atoms in total. The summed E-state index contributed by atoms with van der Waals surface area (Å²) in [5.74, 6) is 2.24. The normalized spacial score (nSPS) is 11.7. The van der Waals surface area contributed by atoms with Crippen LogP contribution in [0.15, 0.2) is 64.4 Å². The number of hydrogen-bond donors (Lipinski definition) is 2. The molecule has 3 N–H and O–H groups in total. The van der Waals surface area contributed by atoms with Crippen LogP contribution in [-0.2, 0) is 22.3 Å². The molecular weight excluding hydrogens is 448 g/mol. The number of nitrogens with one attached hydrogen (secondary N) is 1. The van der Waals surface area contributed by atoms with E-state index in [4.69, 9.17) is 15.1 Å². The number of rotatable bonds is 7. The molecule has 160 valence electrons. The second-order valence-electron chi connectivity index (χ2n) is 7.10. The molecule has 0 amide bonds. The highest BCUT2D eigenvalue weighted by Crippen LogP contribution is 2.34. The number of aromatic nitrogens is 2. The number of thioether (sulfide) groups is 1. The summed E-state index contributed by atoms with van der Waals surface area (Å²) in [6, 6.07) is 16.7. The summed E-state index contributed by atoms with van der Waals surface area (Å²) in [6.07, 6.45) is 0. The molecule has 0 unspecified atom stereocenters. The number of sulfonamides is 1. The fraction of sp³-hybridized carbons (Fsp3) is 0.182. The Labute approximate surface area is 190 Å². The van der Waals surface area contributed by atoms with E-state index < -0.39 is 10.0 Å². The molecule has 4 rings (SSSR count). The molecule has 0 aliphatic heterocycles. The van der Waals surface area contributed by atoms with Gasteiger partial charge in [-0.15, -0.1) is 23.1 Å². The zero-order chi connectivity index (χ0) is 22.0. The number of benzene rings is 2. The fourth-order valence-electron chi connectivity index (χ4n) is 3.13. The van der Waals surface area contributed by atoms with Gasteiger partial charge in [0.15, 0.2) is 0 Å². The molecule has 0 saturated carbocycles. The Kier molecular flexibility index (Phi) is 6.29. The maximum atomic E-state index is 11.5. The first-order chi connectivity index (χ1) is 14.8. The lowest BCUT2D eigenvalue weighted by molar-refractivity contribution is 0.598. The number of anilines is 1. The predicted octanol–water partition coefficient (Wildman–Crippen LogP) is 4.86. The lowest BCUT2D eigenvalue weighted by Gasteiger charge is -2.10. The molecule has 0 radical (unpaired) electrons. The van der Waals surface area contributed by atoms with Crippen LogP contribution in [0.4, 0.5) is 5.82 Å². The Bertz CT molecular complexity index is 1320. The summed E-state index contributed by atoms with van der Waals surface area (Å²) < 4.78 is 22.9. The van der Waals surface area contributed by atoms with Crippen molar-refractivity contribution in [3.05, 3.63) is 76.4 Å². The van der Waals surface area contributed by atoms with Crippen LogP contribution in [0.5, 0.6) is 0 Å². The van der Waals surface area contributed by atoms with E-state index >= 15 is 0 Å². The van der Waals surface area contributed by atoms with Crippen molar-refractivity contribution in [1.82, 2.24) is 9.97 Å². The highest BCUT2D eigenvalue weighted by Gasteiger charge is 2.15. The van der Waals surface area contributed by atoms with E-state index in [0.29, 0.717) is 12.3 Å². The number of nitrogens with zero attached hydrogens (tertiary/aromatic N) is 2. The molecule has 0 atom stereocenters. The minimum Gasteiger partial charge on any atom is -0.365 e. The summed E-state index contributed by atoms with van der Waals surface area (Å²) in [5, 5.41) is 9.64. The van der Waals surface area contributed by atoms with E-state index in [1.165, 1.54) is 27.5 Å². The predicted molar refractivity (Wildman–Crippen MR) is 128 cm³/mol. The first-order valence-electron chi connectivity index (χ1n) is 9.61. The van der Waals surface area contributed by atoms with Crippen molar-refractivity contribution in [3.63, 3.8) is 0 Å². The van der Waals surface area contributed by atoms with Gasteiger partial charge in [0, 0.05) is 16.3 Å². The van der Waals surface area contributed by atoms with Crippen molar-refractivity contribution >= 4 is 49.2 Å². The second kappa shape index (κ2) is 8.96. The molecule has 9 heteroatoms. The topological polar surface area (TPSA) is 98.0 Å². The first-order valence-corrected chi connectivity index (χ1v) is 13.0. The molecule has 0 bridgehead atoms. The number of nitrogens with two attached hydrogens (primary N) is 1. The Balaban J connectivity index is 1.59. The third kappa shape index (κ3) is 5.07. The number of hydrogen-bond acceptors (Lipinski definition) is 7. The zero-order valence-corrected chi connectivity index (χ0v) is 19.6. The molecule has 0 spiro atoms. The standard InChI is InChI=1S/C22H22N4O2S3/c1-14-15(2)30-22-20(14)21(24-12-16-8-10-18(11-9-16)31(23,27)28)25-19(26-22)13-29-17-6-4-3-5-7-17/h3-11H,12-13H2,1-2H3,(H2,23,27,28)(H,24,25,26). The van der Waals surface area contributed by atoms with Gasteiger partial charge in [-0.2, -0.15) is 0 Å². The van der Waals surface area contributed by atoms with Gasteiger partial charge < -0.3 is 5.32 Å². The molecule has 0 aliphatic rings. The highest BCUT2D eigenvalue weighted by molar-refractivity contribution is 7.98. The number of fused-ring (bicyclic) bond motifs is 1. The summed E-state index contributed by atoms with van der Waals surface area (Å²) in [5.41, 5.74) is 2.11. The van der Waals surface area contributed by atoms with Gasteiger partial charge in [0.2, 0.25) is 10.0 Å². The second-order valence-corrected chi connectivity index (χ2v) is 10.9. The molecule has 2 aromatic heterocycles. The Morgan fingerprint density at radius 1 is 1.03 bits per heavy atom. The fourth-order valence-corrected chi connectivity index (χ4v) is 5.47. The van der Waals surface area contributed by atoms with E-state index in [1.807, 2.05) is 18.2 Å². The van der Waals surface area contributed by atoms with Crippen molar-refractivity contribution in [1.29, 1.82) is 0 Å².